The molecule has 0 bridgehead atoms. The molecule has 2 aromatic carbocycles. The zero-order chi connectivity index (χ0) is 23.1. The van der Waals surface area contributed by atoms with Gasteiger partial charge in [0.2, 0.25) is 5.91 Å². The molecule has 5 rings (SSSR count). The van der Waals surface area contributed by atoms with E-state index < -0.39 is 0 Å². The van der Waals surface area contributed by atoms with E-state index in [2.05, 4.69) is 55.6 Å². The Bertz CT molecular complexity index is 1010. The Kier molecular flexibility index (Phi) is 5.79. The van der Waals surface area contributed by atoms with Gasteiger partial charge in [0.1, 0.15) is 5.75 Å². The van der Waals surface area contributed by atoms with Gasteiger partial charge < -0.3 is 10.4 Å². The van der Waals surface area contributed by atoms with Crippen molar-refractivity contribution in [3.05, 3.63) is 65.2 Å². The largest absolute Gasteiger partial charge is 0.508 e. The number of phenols is 1. The molecule has 0 unspecified atom stereocenters. The van der Waals surface area contributed by atoms with E-state index in [9.17, 15) is 9.90 Å². The summed E-state index contributed by atoms with van der Waals surface area (Å²) >= 11 is 0. The SMILES string of the molecule is C[C@]1(C(=O)NCC2(c3ccccc3)CCCCC2)CCC[C@]2(C)c3cc(O)ccc3CC[C@@H]12. The molecule has 3 atom stereocenters. The van der Waals surface area contributed by atoms with Gasteiger partial charge in [-0.2, -0.15) is 0 Å². The maximum Gasteiger partial charge on any atom is 0.226 e. The summed E-state index contributed by atoms with van der Waals surface area (Å²) in [5, 5.41) is 13.7. The lowest BCUT2D eigenvalue weighted by molar-refractivity contribution is -0.139. The van der Waals surface area contributed by atoms with E-state index in [4.69, 9.17) is 0 Å². The fourth-order valence-corrected chi connectivity index (χ4v) is 7.76. The van der Waals surface area contributed by atoms with Gasteiger partial charge in [0, 0.05) is 12.0 Å². The minimum atomic E-state index is -0.372. The second kappa shape index (κ2) is 8.49. The molecule has 2 N–H and O–H groups in total. The van der Waals surface area contributed by atoms with Crippen molar-refractivity contribution < 1.29 is 9.90 Å². The summed E-state index contributed by atoms with van der Waals surface area (Å²) in [6.07, 6.45) is 11.2. The van der Waals surface area contributed by atoms with Gasteiger partial charge in [-0.1, -0.05) is 75.9 Å². The van der Waals surface area contributed by atoms with E-state index in [1.807, 2.05) is 12.1 Å². The maximum atomic E-state index is 14.0. The van der Waals surface area contributed by atoms with Gasteiger partial charge in [-0.3, -0.25) is 4.79 Å². The van der Waals surface area contributed by atoms with Crippen LogP contribution in [0.15, 0.2) is 48.5 Å². The number of hydrogen-bond acceptors (Lipinski definition) is 2. The molecule has 0 aliphatic heterocycles. The number of hydrogen-bond donors (Lipinski definition) is 2. The van der Waals surface area contributed by atoms with E-state index in [0.29, 0.717) is 11.7 Å². The van der Waals surface area contributed by atoms with Crippen LogP contribution in [0.25, 0.3) is 0 Å². The molecule has 176 valence electrons. The molecule has 0 heterocycles. The number of fused-ring (bicyclic) bond motifs is 3. The van der Waals surface area contributed by atoms with E-state index in [-0.39, 0.29) is 22.2 Å². The Morgan fingerprint density at radius 2 is 1.73 bits per heavy atom. The van der Waals surface area contributed by atoms with Crippen molar-refractivity contribution in [2.45, 2.75) is 88.9 Å². The van der Waals surface area contributed by atoms with Crippen LogP contribution in [0.3, 0.4) is 0 Å². The quantitative estimate of drug-likeness (QED) is 0.570. The molecule has 0 aromatic heterocycles. The van der Waals surface area contributed by atoms with Crippen LogP contribution in [-0.2, 0) is 22.0 Å². The highest BCUT2D eigenvalue weighted by Gasteiger charge is 2.55. The molecule has 0 radical (unpaired) electrons. The lowest BCUT2D eigenvalue weighted by Crippen LogP contribution is -2.56. The number of nitrogens with one attached hydrogen (secondary N) is 1. The topological polar surface area (TPSA) is 49.3 Å². The number of carbonyl (C=O) groups excluding carboxylic acids is 1. The average molecular weight is 446 g/mol. The van der Waals surface area contributed by atoms with Crippen molar-refractivity contribution in [1.29, 1.82) is 0 Å². The van der Waals surface area contributed by atoms with Gasteiger partial charge in [-0.25, -0.2) is 0 Å². The number of aryl methyl sites for hydroxylation is 1. The monoisotopic (exact) mass is 445 g/mol. The molecular weight excluding hydrogens is 406 g/mol. The zero-order valence-electron chi connectivity index (χ0n) is 20.3. The number of rotatable bonds is 4. The summed E-state index contributed by atoms with van der Waals surface area (Å²) in [6, 6.07) is 16.7. The molecule has 2 aromatic rings. The van der Waals surface area contributed by atoms with Crippen LogP contribution in [0.4, 0.5) is 0 Å². The fourth-order valence-electron chi connectivity index (χ4n) is 7.76. The lowest BCUT2D eigenvalue weighted by Gasteiger charge is -2.54. The van der Waals surface area contributed by atoms with Crippen LogP contribution >= 0.6 is 0 Å². The summed E-state index contributed by atoms with van der Waals surface area (Å²) in [7, 11) is 0. The van der Waals surface area contributed by atoms with Crippen molar-refractivity contribution in [2.75, 3.05) is 6.54 Å². The Hall–Kier alpha value is -2.29. The molecule has 1 amide bonds. The molecular formula is C30H39NO2. The van der Waals surface area contributed by atoms with E-state index in [1.54, 1.807) is 0 Å². The van der Waals surface area contributed by atoms with Gasteiger partial charge in [0.05, 0.1) is 5.41 Å². The van der Waals surface area contributed by atoms with E-state index in [1.165, 1.54) is 36.0 Å². The molecule has 2 fully saturated rings. The van der Waals surface area contributed by atoms with Crippen molar-refractivity contribution in [3.63, 3.8) is 0 Å². The third-order valence-corrected chi connectivity index (χ3v) is 9.64. The summed E-state index contributed by atoms with van der Waals surface area (Å²) in [5.41, 5.74) is 3.63. The maximum absolute atomic E-state index is 14.0. The summed E-state index contributed by atoms with van der Waals surface area (Å²) < 4.78 is 0. The predicted molar refractivity (Wildman–Crippen MR) is 133 cm³/mol. The molecule has 3 aliphatic carbocycles. The first-order chi connectivity index (χ1) is 15.9. The standard InChI is InChI=1S/C30H39NO2/c1-28-16-9-17-29(2,26(28)15-13-22-12-14-24(32)20-25(22)28)27(33)31-21-30(18-7-4-8-19-30)23-10-5-3-6-11-23/h3,5-6,10-12,14,20,26,32H,4,7-9,13,15-19,21H2,1-2H3,(H,31,33)/t26-,28-,29+/m1/s1. The Labute approximate surface area is 199 Å². The normalized spacial score (nSPS) is 30.7. The van der Waals surface area contributed by atoms with E-state index >= 15 is 0 Å². The Balaban J connectivity index is 1.40. The van der Waals surface area contributed by atoms with Crippen LogP contribution in [0.5, 0.6) is 5.75 Å². The van der Waals surface area contributed by atoms with Gasteiger partial charge in [-0.05, 0) is 78.7 Å². The van der Waals surface area contributed by atoms with Gasteiger partial charge >= 0.3 is 0 Å². The van der Waals surface area contributed by atoms with Gasteiger partial charge in [0.15, 0.2) is 0 Å². The highest BCUT2D eigenvalue weighted by molar-refractivity contribution is 5.83. The smallest absolute Gasteiger partial charge is 0.226 e. The number of carbonyl (C=O) groups is 1. The van der Waals surface area contributed by atoms with Crippen LogP contribution in [0.2, 0.25) is 0 Å². The van der Waals surface area contributed by atoms with E-state index in [0.717, 1.165) is 51.5 Å². The predicted octanol–water partition coefficient (Wildman–Crippen LogP) is 6.42. The fraction of sp³-hybridized carbons (Fsp3) is 0.567. The molecule has 0 saturated heterocycles. The Morgan fingerprint density at radius 1 is 0.970 bits per heavy atom. The second-order valence-electron chi connectivity index (χ2n) is 11.5. The molecule has 0 spiro atoms. The zero-order valence-corrected chi connectivity index (χ0v) is 20.3. The van der Waals surface area contributed by atoms with Crippen molar-refractivity contribution in [2.24, 2.45) is 11.3 Å². The molecule has 3 nitrogen and oxygen atoms in total. The highest BCUT2D eigenvalue weighted by Crippen LogP contribution is 2.57. The first-order valence-corrected chi connectivity index (χ1v) is 13.0. The summed E-state index contributed by atoms with van der Waals surface area (Å²) in [6.45, 7) is 5.30. The lowest BCUT2D eigenvalue weighted by atomic mass is 9.49. The minimum absolute atomic E-state index is 0.0569. The molecule has 3 aliphatic rings. The third-order valence-electron chi connectivity index (χ3n) is 9.64. The summed E-state index contributed by atoms with van der Waals surface area (Å²) in [4.78, 5) is 14.0. The van der Waals surface area contributed by atoms with Crippen molar-refractivity contribution in [3.8, 4) is 5.75 Å². The van der Waals surface area contributed by atoms with Crippen LogP contribution < -0.4 is 5.32 Å². The first kappa shape index (κ1) is 22.5. The van der Waals surface area contributed by atoms with Crippen molar-refractivity contribution >= 4 is 5.91 Å². The number of amides is 1. The third kappa shape index (κ3) is 3.78. The Morgan fingerprint density at radius 3 is 2.48 bits per heavy atom. The highest BCUT2D eigenvalue weighted by atomic mass is 16.3. The minimum Gasteiger partial charge on any atom is -0.508 e. The first-order valence-electron chi connectivity index (χ1n) is 13.0. The molecule has 33 heavy (non-hydrogen) atoms. The second-order valence-corrected chi connectivity index (χ2v) is 11.5. The van der Waals surface area contributed by atoms with Crippen LogP contribution in [-0.4, -0.2) is 17.6 Å². The molecule has 2 saturated carbocycles. The molecule has 3 heteroatoms. The number of phenolic OH excluding ortho intramolecular Hbond substituents is 1. The number of aromatic hydroxyl groups is 1. The average Bonchev–Trinajstić information content (AvgIpc) is 2.84. The van der Waals surface area contributed by atoms with Crippen LogP contribution in [0.1, 0.15) is 88.3 Å². The number of benzene rings is 2. The van der Waals surface area contributed by atoms with Gasteiger partial charge in [-0.15, -0.1) is 0 Å². The van der Waals surface area contributed by atoms with Crippen molar-refractivity contribution in [1.82, 2.24) is 5.32 Å². The summed E-state index contributed by atoms with van der Waals surface area (Å²) in [5.74, 6) is 0.879. The van der Waals surface area contributed by atoms with Crippen LogP contribution in [0, 0.1) is 11.3 Å². The van der Waals surface area contributed by atoms with Gasteiger partial charge in [0.25, 0.3) is 0 Å².